The van der Waals surface area contributed by atoms with Gasteiger partial charge >= 0.3 is 0 Å². The number of amides is 1. The molecule has 23 heavy (non-hydrogen) atoms. The Morgan fingerprint density at radius 2 is 2.09 bits per heavy atom. The molecule has 0 aromatic heterocycles. The quantitative estimate of drug-likeness (QED) is 0.729. The molecule has 0 spiro atoms. The second-order valence-corrected chi connectivity index (χ2v) is 5.60. The predicted molar refractivity (Wildman–Crippen MR) is 88.1 cm³/mol. The maximum absolute atomic E-state index is 11.8. The van der Waals surface area contributed by atoms with Crippen LogP contribution in [0.4, 0.5) is 0 Å². The highest BCUT2D eigenvalue weighted by atomic mass is 16.5. The topological polar surface area (TPSA) is 60.0 Å². The third-order valence-electron chi connectivity index (χ3n) is 3.75. The third-order valence-corrected chi connectivity index (χ3v) is 3.75. The zero-order valence-corrected chi connectivity index (χ0v) is 14.0. The van der Waals surface area contributed by atoms with Crippen molar-refractivity contribution in [2.45, 2.75) is 13.3 Å². The average Bonchev–Trinajstić information content (AvgIpc) is 2.58. The third kappa shape index (κ3) is 6.08. The number of hydrogen-bond donors (Lipinski definition) is 1. The lowest BCUT2D eigenvalue weighted by molar-refractivity contribution is -0.123. The second kappa shape index (κ2) is 9.37. The largest absolute Gasteiger partial charge is 0.493 e. The van der Waals surface area contributed by atoms with Crippen LogP contribution in [0.3, 0.4) is 0 Å². The van der Waals surface area contributed by atoms with E-state index in [9.17, 15) is 4.79 Å². The highest BCUT2D eigenvalue weighted by molar-refractivity contribution is 5.77. The van der Waals surface area contributed by atoms with Crippen molar-refractivity contribution in [3.63, 3.8) is 0 Å². The van der Waals surface area contributed by atoms with E-state index in [0.29, 0.717) is 18.0 Å². The zero-order valence-electron chi connectivity index (χ0n) is 14.0. The summed E-state index contributed by atoms with van der Waals surface area (Å²) < 4.78 is 16.1. The van der Waals surface area contributed by atoms with Crippen LogP contribution in [0.5, 0.6) is 11.5 Å². The standard InChI is InChI=1S/C17H26N2O4/c1-14-4-5-15(16(12-14)21-2)23-13-17(20)18-6-3-7-19-8-10-22-11-9-19/h4-5,12H,3,6-11,13H2,1-2H3,(H,18,20). The van der Waals surface area contributed by atoms with Crippen molar-refractivity contribution in [3.05, 3.63) is 23.8 Å². The van der Waals surface area contributed by atoms with Crippen molar-refractivity contribution >= 4 is 5.91 Å². The van der Waals surface area contributed by atoms with Crippen molar-refractivity contribution in [1.82, 2.24) is 10.2 Å². The van der Waals surface area contributed by atoms with Crippen LogP contribution in [0.15, 0.2) is 18.2 Å². The molecular weight excluding hydrogens is 296 g/mol. The normalized spacial score (nSPS) is 15.2. The van der Waals surface area contributed by atoms with Crippen LogP contribution in [0.1, 0.15) is 12.0 Å². The van der Waals surface area contributed by atoms with Crippen LogP contribution in [0.25, 0.3) is 0 Å². The molecule has 1 saturated heterocycles. The van der Waals surface area contributed by atoms with E-state index in [1.54, 1.807) is 7.11 Å². The number of nitrogens with zero attached hydrogens (tertiary/aromatic N) is 1. The van der Waals surface area contributed by atoms with Gasteiger partial charge in [-0.15, -0.1) is 0 Å². The molecule has 1 amide bonds. The number of rotatable bonds is 8. The highest BCUT2D eigenvalue weighted by Crippen LogP contribution is 2.27. The summed E-state index contributed by atoms with van der Waals surface area (Å²) >= 11 is 0. The number of carbonyl (C=O) groups excluding carboxylic acids is 1. The summed E-state index contributed by atoms with van der Waals surface area (Å²) in [5.74, 6) is 1.11. The van der Waals surface area contributed by atoms with Gasteiger partial charge in [0.2, 0.25) is 0 Å². The number of nitrogens with one attached hydrogen (secondary N) is 1. The first kappa shape index (κ1) is 17.6. The van der Waals surface area contributed by atoms with Crippen molar-refractivity contribution in [1.29, 1.82) is 0 Å². The first-order chi connectivity index (χ1) is 11.2. The Morgan fingerprint density at radius 1 is 1.30 bits per heavy atom. The highest BCUT2D eigenvalue weighted by Gasteiger charge is 2.10. The number of methoxy groups -OCH3 is 1. The molecule has 0 bridgehead atoms. The Kier molecular flexibility index (Phi) is 7.16. The van der Waals surface area contributed by atoms with E-state index in [1.165, 1.54) is 0 Å². The maximum atomic E-state index is 11.8. The first-order valence-electron chi connectivity index (χ1n) is 8.03. The monoisotopic (exact) mass is 322 g/mol. The fourth-order valence-corrected chi connectivity index (χ4v) is 2.44. The Bertz CT molecular complexity index is 501. The molecule has 0 atom stereocenters. The zero-order chi connectivity index (χ0) is 16.5. The summed E-state index contributed by atoms with van der Waals surface area (Å²) in [6, 6.07) is 5.63. The summed E-state index contributed by atoms with van der Waals surface area (Å²) in [5.41, 5.74) is 1.08. The SMILES string of the molecule is COc1cc(C)ccc1OCC(=O)NCCCN1CCOCC1. The summed E-state index contributed by atoms with van der Waals surface area (Å²) in [5, 5.41) is 2.88. The number of aryl methyl sites for hydroxylation is 1. The van der Waals surface area contributed by atoms with Crippen molar-refractivity contribution in [2.75, 3.05) is 53.1 Å². The lowest BCUT2D eigenvalue weighted by Crippen LogP contribution is -2.38. The van der Waals surface area contributed by atoms with E-state index in [-0.39, 0.29) is 12.5 Å². The fraction of sp³-hybridized carbons (Fsp3) is 0.588. The van der Waals surface area contributed by atoms with Gasteiger partial charge in [-0.3, -0.25) is 9.69 Å². The minimum Gasteiger partial charge on any atom is -0.493 e. The Balaban J connectivity index is 1.63. The minimum absolute atomic E-state index is 0.00300. The van der Waals surface area contributed by atoms with Crippen LogP contribution in [0, 0.1) is 6.92 Å². The molecule has 1 fully saturated rings. The molecule has 6 nitrogen and oxygen atoms in total. The molecule has 0 unspecified atom stereocenters. The number of benzene rings is 1. The van der Waals surface area contributed by atoms with Gasteiger partial charge in [-0.2, -0.15) is 0 Å². The minimum atomic E-state index is -0.116. The molecule has 0 aliphatic carbocycles. The average molecular weight is 322 g/mol. The van der Waals surface area contributed by atoms with Gasteiger partial charge < -0.3 is 19.5 Å². The first-order valence-corrected chi connectivity index (χ1v) is 8.03. The number of hydrogen-bond acceptors (Lipinski definition) is 5. The lowest BCUT2D eigenvalue weighted by Gasteiger charge is -2.26. The molecule has 2 rings (SSSR count). The van der Waals surface area contributed by atoms with E-state index in [0.717, 1.165) is 44.8 Å². The van der Waals surface area contributed by atoms with Gasteiger partial charge in [0.1, 0.15) is 0 Å². The summed E-state index contributed by atoms with van der Waals surface area (Å²) in [6.45, 7) is 7.18. The van der Waals surface area contributed by atoms with Gasteiger partial charge in [-0.05, 0) is 37.6 Å². The summed E-state index contributed by atoms with van der Waals surface area (Å²) in [4.78, 5) is 14.2. The van der Waals surface area contributed by atoms with E-state index in [2.05, 4.69) is 10.2 Å². The smallest absolute Gasteiger partial charge is 0.257 e. The Hall–Kier alpha value is -1.79. The van der Waals surface area contributed by atoms with Gasteiger partial charge in [-0.25, -0.2) is 0 Å². The van der Waals surface area contributed by atoms with E-state index >= 15 is 0 Å². The fourth-order valence-electron chi connectivity index (χ4n) is 2.44. The van der Waals surface area contributed by atoms with Crippen molar-refractivity contribution in [3.8, 4) is 11.5 Å². The molecule has 0 radical (unpaired) electrons. The Labute approximate surface area is 137 Å². The molecule has 6 heteroatoms. The van der Waals surface area contributed by atoms with E-state index < -0.39 is 0 Å². The van der Waals surface area contributed by atoms with Gasteiger partial charge in [0.05, 0.1) is 20.3 Å². The molecule has 1 aromatic carbocycles. The Morgan fingerprint density at radius 3 is 2.83 bits per heavy atom. The predicted octanol–water partition coefficient (Wildman–Crippen LogP) is 1.22. The van der Waals surface area contributed by atoms with Crippen LogP contribution in [-0.2, 0) is 9.53 Å². The van der Waals surface area contributed by atoms with Crippen molar-refractivity contribution < 1.29 is 19.0 Å². The molecular formula is C17H26N2O4. The molecule has 1 aliphatic heterocycles. The molecule has 128 valence electrons. The molecule has 1 heterocycles. The van der Waals surface area contributed by atoms with E-state index in [4.69, 9.17) is 14.2 Å². The van der Waals surface area contributed by atoms with Crippen LogP contribution >= 0.6 is 0 Å². The molecule has 1 aliphatic rings. The van der Waals surface area contributed by atoms with Gasteiger partial charge in [0.15, 0.2) is 18.1 Å². The summed E-state index contributed by atoms with van der Waals surface area (Å²) in [7, 11) is 1.59. The van der Waals surface area contributed by atoms with Crippen LogP contribution in [-0.4, -0.2) is 63.9 Å². The maximum Gasteiger partial charge on any atom is 0.257 e. The van der Waals surface area contributed by atoms with Gasteiger partial charge in [-0.1, -0.05) is 6.07 Å². The molecule has 1 aromatic rings. The number of morpholine rings is 1. The van der Waals surface area contributed by atoms with Crippen molar-refractivity contribution in [2.24, 2.45) is 0 Å². The lowest BCUT2D eigenvalue weighted by atomic mass is 10.2. The summed E-state index contributed by atoms with van der Waals surface area (Å²) in [6.07, 6.45) is 0.930. The number of ether oxygens (including phenoxy) is 3. The second-order valence-electron chi connectivity index (χ2n) is 5.60. The van der Waals surface area contributed by atoms with Crippen LogP contribution < -0.4 is 14.8 Å². The molecule has 1 N–H and O–H groups in total. The van der Waals surface area contributed by atoms with E-state index in [1.807, 2.05) is 25.1 Å². The van der Waals surface area contributed by atoms with Gasteiger partial charge in [0, 0.05) is 19.6 Å². The molecule has 0 saturated carbocycles. The van der Waals surface area contributed by atoms with Gasteiger partial charge in [0.25, 0.3) is 5.91 Å². The van der Waals surface area contributed by atoms with Crippen LogP contribution in [0.2, 0.25) is 0 Å². The number of carbonyl (C=O) groups is 1.